The summed E-state index contributed by atoms with van der Waals surface area (Å²) in [6, 6.07) is 10.3. The Morgan fingerprint density at radius 3 is 2.47 bits per heavy atom. The molecule has 2 heteroatoms. The SMILES string of the molecule is C=CC(O)[C@H](CC(C)C)NCc1ccccc1. The first-order valence-electron chi connectivity index (χ1n) is 6.21. The number of hydrogen-bond donors (Lipinski definition) is 2. The van der Waals surface area contributed by atoms with E-state index in [0.29, 0.717) is 5.92 Å². The van der Waals surface area contributed by atoms with Crippen LogP contribution in [0.25, 0.3) is 0 Å². The van der Waals surface area contributed by atoms with Crippen molar-refractivity contribution in [3.8, 4) is 0 Å². The molecule has 1 aromatic carbocycles. The highest BCUT2D eigenvalue weighted by Crippen LogP contribution is 2.10. The number of rotatable bonds is 7. The first kappa shape index (κ1) is 13.9. The van der Waals surface area contributed by atoms with Gasteiger partial charge in [-0.25, -0.2) is 0 Å². The fourth-order valence-electron chi connectivity index (χ4n) is 1.86. The molecule has 0 saturated carbocycles. The fourth-order valence-corrected chi connectivity index (χ4v) is 1.86. The zero-order chi connectivity index (χ0) is 12.7. The van der Waals surface area contributed by atoms with Crippen LogP contribution in [0.4, 0.5) is 0 Å². The van der Waals surface area contributed by atoms with Crippen LogP contribution in [0.2, 0.25) is 0 Å². The topological polar surface area (TPSA) is 32.3 Å². The molecule has 0 aliphatic rings. The van der Waals surface area contributed by atoms with Crippen LogP contribution < -0.4 is 5.32 Å². The van der Waals surface area contributed by atoms with E-state index in [-0.39, 0.29) is 6.04 Å². The van der Waals surface area contributed by atoms with Crippen molar-refractivity contribution in [1.82, 2.24) is 5.32 Å². The molecule has 0 spiro atoms. The Morgan fingerprint density at radius 1 is 1.29 bits per heavy atom. The van der Waals surface area contributed by atoms with Gasteiger partial charge in [0.05, 0.1) is 6.10 Å². The van der Waals surface area contributed by atoms with Gasteiger partial charge in [-0.05, 0) is 17.9 Å². The summed E-state index contributed by atoms with van der Waals surface area (Å²) in [6.45, 7) is 8.75. The first-order chi connectivity index (χ1) is 8.13. The predicted molar refractivity (Wildman–Crippen MR) is 72.7 cm³/mol. The van der Waals surface area contributed by atoms with E-state index in [1.165, 1.54) is 5.56 Å². The summed E-state index contributed by atoms with van der Waals surface area (Å²) >= 11 is 0. The smallest absolute Gasteiger partial charge is 0.0871 e. The van der Waals surface area contributed by atoms with Gasteiger partial charge < -0.3 is 10.4 Å². The molecule has 94 valence electrons. The number of aliphatic hydroxyl groups excluding tert-OH is 1. The van der Waals surface area contributed by atoms with Crippen molar-refractivity contribution in [3.05, 3.63) is 48.6 Å². The molecule has 2 N–H and O–H groups in total. The molecule has 0 saturated heterocycles. The first-order valence-corrected chi connectivity index (χ1v) is 6.21. The Hall–Kier alpha value is -1.12. The second-order valence-corrected chi connectivity index (χ2v) is 4.83. The third-order valence-corrected chi connectivity index (χ3v) is 2.79. The molecule has 0 radical (unpaired) electrons. The quantitative estimate of drug-likeness (QED) is 0.710. The molecule has 0 heterocycles. The Morgan fingerprint density at radius 2 is 1.94 bits per heavy atom. The lowest BCUT2D eigenvalue weighted by Crippen LogP contribution is -2.39. The molecule has 0 aliphatic heterocycles. The van der Waals surface area contributed by atoms with Gasteiger partial charge in [-0.15, -0.1) is 6.58 Å². The average Bonchev–Trinajstić information content (AvgIpc) is 2.34. The molecule has 0 aliphatic carbocycles. The van der Waals surface area contributed by atoms with Crippen molar-refractivity contribution >= 4 is 0 Å². The summed E-state index contributed by atoms with van der Waals surface area (Å²) in [6.07, 6.45) is 2.06. The molecule has 0 amide bonds. The summed E-state index contributed by atoms with van der Waals surface area (Å²) in [5.41, 5.74) is 1.23. The van der Waals surface area contributed by atoms with E-state index in [9.17, 15) is 5.11 Å². The molecule has 1 rings (SSSR count). The van der Waals surface area contributed by atoms with Gasteiger partial charge in [-0.3, -0.25) is 0 Å². The van der Waals surface area contributed by atoms with Crippen molar-refractivity contribution in [3.63, 3.8) is 0 Å². The maximum atomic E-state index is 9.86. The van der Waals surface area contributed by atoms with Gasteiger partial charge >= 0.3 is 0 Å². The van der Waals surface area contributed by atoms with Crippen LogP contribution in [0.15, 0.2) is 43.0 Å². The normalized spacial score (nSPS) is 14.6. The van der Waals surface area contributed by atoms with Gasteiger partial charge in [0, 0.05) is 12.6 Å². The molecule has 2 atom stereocenters. The molecular formula is C15H23NO. The molecule has 17 heavy (non-hydrogen) atoms. The van der Waals surface area contributed by atoms with E-state index < -0.39 is 6.10 Å². The Kier molecular flexibility index (Phi) is 5.95. The van der Waals surface area contributed by atoms with E-state index in [1.807, 2.05) is 18.2 Å². The lowest BCUT2D eigenvalue weighted by Gasteiger charge is -2.23. The standard InChI is InChI=1S/C15H23NO/c1-4-15(17)14(10-12(2)3)16-11-13-8-6-5-7-9-13/h4-9,12,14-17H,1,10-11H2,2-3H3/t14-,15?/m0/s1. The summed E-state index contributed by atoms with van der Waals surface area (Å²) in [5.74, 6) is 0.554. The predicted octanol–water partition coefficient (Wildman–Crippen LogP) is 2.74. The highest BCUT2D eigenvalue weighted by molar-refractivity contribution is 5.14. The van der Waals surface area contributed by atoms with Crippen LogP contribution in [-0.4, -0.2) is 17.3 Å². The minimum Gasteiger partial charge on any atom is -0.387 e. The van der Waals surface area contributed by atoms with E-state index in [2.05, 4.69) is 37.9 Å². The average molecular weight is 233 g/mol. The zero-order valence-corrected chi connectivity index (χ0v) is 10.8. The molecule has 0 aromatic heterocycles. The fraction of sp³-hybridized carbons (Fsp3) is 0.467. The van der Waals surface area contributed by atoms with Crippen molar-refractivity contribution in [1.29, 1.82) is 0 Å². The Bertz CT molecular complexity index is 321. The van der Waals surface area contributed by atoms with E-state index in [1.54, 1.807) is 6.08 Å². The molecule has 1 aromatic rings. The molecule has 0 bridgehead atoms. The Labute approximate surface area is 104 Å². The lowest BCUT2D eigenvalue weighted by atomic mass is 9.99. The second kappa shape index (κ2) is 7.25. The van der Waals surface area contributed by atoms with Gasteiger partial charge in [0.15, 0.2) is 0 Å². The molecule has 2 nitrogen and oxygen atoms in total. The Balaban J connectivity index is 2.51. The van der Waals surface area contributed by atoms with E-state index >= 15 is 0 Å². The van der Waals surface area contributed by atoms with Crippen LogP contribution in [0.5, 0.6) is 0 Å². The monoisotopic (exact) mass is 233 g/mol. The van der Waals surface area contributed by atoms with E-state index in [4.69, 9.17) is 0 Å². The highest BCUT2D eigenvalue weighted by Gasteiger charge is 2.16. The second-order valence-electron chi connectivity index (χ2n) is 4.83. The van der Waals surface area contributed by atoms with Gasteiger partial charge in [-0.1, -0.05) is 50.3 Å². The van der Waals surface area contributed by atoms with Crippen LogP contribution in [0, 0.1) is 5.92 Å². The van der Waals surface area contributed by atoms with Crippen LogP contribution in [0.3, 0.4) is 0 Å². The summed E-state index contributed by atoms with van der Waals surface area (Å²) in [5, 5.41) is 13.3. The maximum Gasteiger partial charge on any atom is 0.0871 e. The third kappa shape index (κ3) is 5.16. The maximum absolute atomic E-state index is 9.86. The molecule has 0 fully saturated rings. The number of nitrogens with one attached hydrogen (secondary N) is 1. The van der Waals surface area contributed by atoms with Crippen LogP contribution in [-0.2, 0) is 6.54 Å². The molecule has 1 unspecified atom stereocenters. The summed E-state index contributed by atoms with van der Waals surface area (Å²) in [4.78, 5) is 0. The van der Waals surface area contributed by atoms with Gasteiger partial charge in [0.2, 0.25) is 0 Å². The van der Waals surface area contributed by atoms with Crippen molar-refractivity contribution < 1.29 is 5.11 Å². The van der Waals surface area contributed by atoms with Gasteiger partial charge in [0.1, 0.15) is 0 Å². The van der Waals surface area contributed by atoms with Crippen molar-refractivity contribution in [2.75, 3.05) is 0 Å². The number of aliphatic hydroxyl groups is 1. The third-order valence-electron chi connectivity index (χ3n) is 2.79. The van der Waals surface area contributed by atoms with Gasteiger partial charge in [-0.2, -0.15) is 0 Å². The van der Waals surface area contributed by atoms with Crippen LogP contribution in [0.1, 0.15) is 25.8 Å². The molecular weight excluding hydrogens is 210 g/mol. The van der Waals surface area contributed by atoms with Crippen molar-refractivity contribution in [2.45, 2.75) is 39.0 Å². The number of hydrogen-bond acceptors (Lipinski definition) is 2. The van der Waals surface area contributed by atoms with Crippen molar-refractivity contribution in [2.24, 2.45) is 5.92 Å². The minimum atomic E-state index is -0.485. The summed E-state index contributed by atoms with van der Waals surface area (Å²) in [7, 11) is 0. The van der Waals surface area contributed by atoms with E-state index in [0.717, 1.165) is 13.0 Å². The highest BCUT2D eigenvalue weighted by atomic mass is 16.3. The van der Waals surface area contributed by atoms with Gasteiger partial charge in [0.25, 0.3) is 0 Å². The minimum absolute atomic E-state index is 0.0766. The van der Waals surface area contributed by atoms with Crippen LogP contribution >= 0.6 is 0 Å². The number of benzene rings is 1. The summed E-state index contributed by atoms with van der Waals surface area (Å²) < 4.78 is 0. The zero-order valence-electron chi connectivity index (χ0n) is 10.8. The lowest BCUT2D eigenvalue weighted by molar-refractivity contribution is 0.157. The largest absolute Gasteiger partial charge is 0.387 e.